The Kier molecular flexibility index (Phi) is 4.29. The van der Waals surface area contributed by atoms with E-state index in [1.165, 1.54) is 17.9 Å². The van der Waals surface area contributed by atoms with Crippen LogP contribution < -0.4 is 5.73 Å². The Morgan fingerprint density at radius 2 is 2.08 bits per heavy atom. The van der Waals surface area contributed by atoms with Crippen LogP contribution >= 0.6 is 11.8 Å². The molecule has 2 amide bonds. The molecule has 2 aliphatic rings. The van der Waals surface area contributed by atoms with E-state index in [0.29, 0.717) is 9.93 Å². The maximum absolute atomic E-state index is 12.3. The van der Waals surface area contributed by atoms with Crippen LogP contribution in [0.3, 0.4) is 0 Å². The number of amides is 2. The van der Waals surface area contributed by atoms with Gasteiger partial charge in [0.15, 0.2) is 0 Å². The summed E-state index contributed by atoms with van der Waals surface area (Å²) in [4.78, 5) is 41.1. The van der Waals surface area contributed by atoms with Crippen LogP contribution in [0.5, 0.6) is 0 Å². The number of rotatable bonds is 5. The number of aromatic nitrogens is 1. The second-order valence-electron chi connectivity index (χ2n) is 6.10. The first kappa shape index (κ1) is 17.4. The summed E-state index contributed by atoms with van der Waals surface area (Å²) in [6, 6.07) is 4.33. The molecule has 1 aromatic rings. The van der Waals surface area contributed by atoms with Gasteiger partial charge in [0.25, 0.3) is 5.91 Å². The first-order valence-electron chi connectivity index (χ1n) is 7.67. The van der Waals surface area contributed by atoms with Crippen molar-refractivity contribution in [2.45, 2.75) is 31.0 Å². The highest BCUT2D eigenvalue weighted by Crippen LogP contribution is 2.51. The molecule has 0 saturated carbocycles. The second kappa shape index (κ2) is 6.16. The molecule has 1 aromatic heterocycles. The summed E-state index contributed by atoms with van der Waals surface area (Å²) in [5.74, 6) is -3.17. The van der Waals surface area contributed by atoms with E-state index in [4.69, 9.17) is 5.73 Å². The number of carbonyl (C=O) groups excluding carboxylic acids is 2. The predicted molar refractivity (Wildman–Crippen MR) is 88.2 cm³/mol. The smallest absolute Gasteiger partial charge is 0.353 e. The van der Waals surface area contributed by atoms with Crippen LogP contribution in [0, 0.1) is 11.8 Å². The molecule has 3 heterocycles. The highest BCUT2D eigenvalue weighted by atomic mass is 32.2. The lowest BCUT2D eigenvalue weighted by atomic mass is 9.79. The molecule has 9 heteroatoms. The van der Waals surface area contributed by atoms with Crippen molar-refractivity contribution >= 4 is 29.5 Å². The van der Waals surface area contributed by atoms with E-state index in [1.807, 2.05) is 6.92 Å². The number of nitrogens with zero attached hydrogens (tertiary/aromatic N) is 2. The standard InChI is InChI=1S/C16H17N3O5S/c1-6-11-10(7(2)20)15(22)19(11)12(16(23)24)13(6)25-9-5-3-4-8(18-9)14(17)21/h3-7,10-11,20H,1-2H3,(H2,17,21)(H,23,24)/t6-,7-,10-,11-/m1/s1. The van der Waals surface area contributed by atoms with Gasteiger partial charge in [-0.2, -0.15) is 0 Å². The third-order valence-corrected chi connectivity index (χ3v) is 5.72. The summed E-state index contributed by atoms with van der Waals surface area (Å²) in [6.45, 7) is 3.34. The van der Waals surface area contributed by atoms with Crippen molar-refractivity contribution in [2.24, 2.45) is 17.6 Å². The van der Waals surface area contributed by atoms with E-state index in [0.717, 1.165) is 11.8 Å². The molecule has 132 valence electrons. The molecule has 0 unspecified atom stereocenters. The van der Waals surface area contributed by atoms with Gasteiger partial charge in [-0.15, -0.1) is 0 Å². The monoisotopic (exact) mass is 363 g/mol. The van der Waals surface area contributed by atoms with Crippen molar-refractivity contribution in [1.29, 1.82) is 0 Å². The lowest BCUT2D eigenvalue weighted by Crippen LogP contribution is -2.63. The molecule has 25 heavy (non-hydrogen) atoms. The fourth-order valence-electron chi connectivity index (χ4n) is 3.38. The number of primary amides is 1. The zero-order valence-electron chi connectivity index (χ0n) is 13.5. The number of hydrogen-bond acceptors (Lipinski definition) is 6. The number of aliphatic hydroxyl groups is 1. The maximum atomic E-state index is 12.3. The Balaban J connectivity index is 1.97. The molecule has 0 aromatic carbocycles. The van der Waals surface area contributed by atoms with Gasteiger partial charge >= 0.3 is 5.97 Å². The van der Waals surface area contributed by atoms with Crippen molar-refractivity contribution in [2.75, 3.05) is 0 Å². The first-order valence-corrected chi connectivity index (χ1v) is 8.49. The Morgan fingerprint density at radius 1 is 1.40 bits per heavy atom. The third-order valence-electron chi connectivity index (χ3n) is 4.50. The van der Waals surface area contributed by atoms with Crippen LogP contribution in [-0.4, -0.2) is 50.0 Å². The number of carboxylic acid groups (broad SMARTS) is 1. The molecular formula is C16H17N3O5S. The average Bonchev–Trinajstić information content (AvgIpc) is 2.77. The summed E-state index contributed by atoms with van der Waals surface area (Å²) in [5.41, 5.74) is 5.21. The fraction of sp³-hybridized carbons (Fsp3) is 0.375. The van der Waals surface area contributed by atoms with E-state index in [1.54, 1.807) is 12.1 Å². The summed E-state index contributed by atoms with van der Waals surface area (Å²) in [6.07, 6.45) is -0.855. The van der Waals surface area contributed by atoms with Crippen molar-refractivity contribution < 1.29 is 24.6 Å². The largest absolute Gasteiger partial charge is 0.477 e. The highest BCUT2D eigenvalue weighted by Gasteiger charge is 2.60. The molecule has 4 N–H and O–H groups in total. The molecule has 8 nitrogen and oxygen atoms in total. The quantitative estimate of drug-likeness (QED) is 0.646. The van der Waals surface area contributed by atoms with Crippen LogP contribution in [0.1, 0.15) is 24.3 Å². The zero-order valence-corrected chi connectivity index (χ0v) is 14.4. The van der Waals surface area contributed by atoms with E-state index < -0.39 is 29.8 Å². The van der Waals surface area contributed by atoms with Crippen LogP contribution in [0.15, 0.2) is 33.8 Å². The number of hydrogen-bond donors (Lipinski definition) is 3. The van der Waals surface area contributed by atoms with Gasteiger partial charge in [-0.3, -0.25) is 9.59 Å². The van der Waals surface area contributed by atoms with Crippen molar-refractivity contribution in [3.63, 3.8) is 0 Å². The molecule has 1 fully saturated rings. The normalized spacial score (nSPS) is 26.3. The van der Waals surface area contributed by atoms with Crippen LogP contribution in [-0.2, 0) is 9.59 Å². The van der Waals surface area contributed by atoms with Gasteiger partial charge in [0, 0.05) is 10.8 Å². The molecule has 0 bridgehead atoms. The summed E-state index contributed by atoms with van der Waals surface area (Å²) < 4.78 is 0. The molecule has 1 saturated heterocycles. The Morgan fingerprint density at radius 3 is 2.64 bits per heavy atom. The number of nitrogens with two attached hydrogens (primary N) is 1. The lowest BCUT2D eigenvalue weighted by Gasteiger charge is -2.46. The first-order chi connectivity index (χ1) is 11.7. The third kappa shape index (κ3) is 2.69. The number of pyridine rings is 1. The zero-order chi connectivity index (χ0) is 18.5. The second-order valence-corrected chi connectivity index (χ2v) is 7.16. The Hall–Kier alpha value is -2.39. The molecule has 0 aliphatic carbocycles. The van der Waals surface area contributed by atoms with Crippen molar-refractivity contribution in [3.05, 3.63) is 34.5 Å². The predicted octanol–water partition coefficient (Wildman–Crippen LogP) is 0.426. The highest BCUT2D eigenvalue weighted by molar-refractivity contribution is 8.03. The Labute approximate surface area is 147 Å². The fourth-order valence-corrected chi connectivity index (χ4v) is 4.50. The molecular weight excluding hydrogens is 346 g/mol. The van der Waals surface area contributed by atoms with Gasteiger partial charge in [-0.05, 0) is 19.1 Å². The number of carboxylic acids is 1. The number of β-lactam (4-membered cyclic amide) rings is 1. The van der Waals surface area contributed by atoms with E-state index in [9.17, 15) is 24.6 Å². The van der Waals surface area contributed by atoms with Crippen molar-refractivity contribution in [3.8, 4) is 0 Å². The summed E-state index contributed by atoms with van der Waals surface area (Å²) >= 11 is 1.09. The van der Waals surface area contributed by atoms with Crippen LogP contribution in [0.25, 0.3) is 0 Å². The number of aliphatic hydroxyl groups excluding tert-OH is 1. The van der Waals surface area contributed by atoms with Gasteiger partial charge in [-0.1, -0.05) is 24.8 Å². The van der Waals surface area contributed by atoms with Gasteiger partial charge < -0.3 is 20.8 Å². The van der Waals surface area contributed by atoms with E-state index in [2.05, 4.69) is 4.98 Å². The maximum Gasteiger partial charge on any atom is 0.353 e. The summed E-state index contributed by atoms with van der Waals surface area (Å²) in [7, 11) is 0. The number of fused-ring (bicyclic) bond motifs is 1. The topological polar surface area (TPSA) is 134 Å². The minimum absolute atomic E-state index is 0.0781. The molecule has 2 aliphatic heterocycles. The van der Waals surface area contributed by atoms with E-state index >= 15 is 0 Å². The minimum Gasteiger partial charge on any atom is -0.477 e. The average molecular weight is 363 g/mol. The number of carbonyl (C=O) groups is 3. The van der Waals surface area contributed by atoms with E-state index in [-0.39, 0.29) is 23.4 Å². The SMILES string of the molecule is C[C@@H](O)[C@H]1C(=O)N2C(C(=O)O)=C(Sc3cccc(C(N)=O)n3)[C@H](C)[C@H]12. The van der Waals surface area contributed by atoms with Crippen LogP contribution in [0.4, 0.5) is 0 Å². The van der Waals surface area contributed by atoms with Gasteiger partial charge in [0.2, 0.25) is 5.91 Å². The van der Waals surface area contributed by atoms with Gasteiger partial charge in [-0.25, -0.2) is 9.78 Å². The minimum atomic E-state index is -1.21. The summed E-state index contributed by atoms with van der Waals surface area (Å²) in [5, 5.41) is 19.8. The van der Waals surface area contributed by atoms with Crippen molar-refractivity contribution in [1.82, 2.24) is 9.88 Å². The van der Waals surface area contributed by atoms with Gasteiger partial charge in [0.05, 0.1) is 18.1 Å². The molecule has 0 spiro atoms. The molecule has 0 radical (unpaired) electrons. The number of thioether (sulfide) groups is 1. The Bertz CT molecular complexity index is 807. The number of aliphatic carboxylic acids is 1. The lowest BCUT2D eigenvalue weighted by molar-refractivity contribution is -0.163. The molecule has 3 rings (SSSR count). The molecule has 4 atom stereocenters. The van der Waals surface area contributed by atoms with Crippen LogP contribution in [0.2, 0.25) is 0 Å². The van der Waals surface area contributed by atoms with Gasteiger partial charge in [0.1, 0.15) is 16.4 Å².